The Bertz CT molecular complexity index is 651. The molecular weight excluding hydrogens is 308 g/mol. The van der Waals surface area contributed by atoms with Crippen LogP contribution < -0.4 is 0 Å². The molecule has 0 aromatic heterocycles. The fourth-order valence-corrected chi connectivity index (χ4v) is 5.58. The SMILES string of the molecule is CC(C)(C)CN1CCCC12CCN(S(=O)(=O)c1ccccc1)C2. The van der Waals surface area contributed by atoms with Gasteiger partial charge in [-0.2, -0.15) is 4.31 Å². The van der Waals surface area contributed by atoms with Crippen molar-refractivity contribution in [1.82, 2.24) is 9.21 Å². The van der Waals surface area contributed by atoms with E-state index in [1.165, 1.54) is 6.42 Å². The lowest BCUT2D eigenvalue weighted by Crippen LogP contribution is -2.49. The molecule has 0 amide bonds. The quantitative estimate of drug-likeness (QED) is 0.852. The summed E-state index contributed by atoms with van der Waals surface area (Å²) in [5.74, 6) is 0. The highest BCUT2D eigenvalue weighted by atomic mass is 32.2. The number of benzene rings is 1. The molecule has 0 radical (unpaired) electrons. The molecule has 23 heavy (non-hydrogen) atoms. The molecular formula is C18H28N2O2S. The van der Waals surface area contributed by atoms with Gasteiger partial charge in [-0.15, -0.1) is 0 Å². The summed E-state index contributed by atoms with van der Waals surface area (Å²) in [6.07, 6.45) is 3.24. The van der Waals surface area contributed by atoms with Crippen LogP contribution >= 0.6 is 0 Å². The molecule has 1 atom stereocenters. The third-order valence-electron chi connectivity index (χ3n) is 5.08. The van der Waals surface area contributed by atoms with Crippen LogP contribution in [-0.2, 0) is 10.0 Å². The van der Waals surface area contributed by atoms with Crippen molar-refractivity contribution in [2.45, 2.75) is 50.5 Å². The summed E-state index contributed by atoms with van der Waals surface area (Å²) in [7, 11) is -3.36. The minimum absolute atomic E-state index is 0.0507. The van der Waals surface area contributed by atoms with Gasteiger partial charge in [-0.3, -0.25) is 4.90 Å². The van der Waals surface area contributed by atoms with Gasteiger partial charge in [0.1, 0.15) is 0 Å². The Morgan fingerprint density at radius 2 is 1.78 bits per heavy atom. The van der Waals surface area contributed by atoms with E-state index < -0.39 is 10.0 Å². The Labute approximate surface area is 140 Å². The van der Waals surface area contributed by atoms with Crippen molar-refractivity contribution in [3.63, 3.8) is 0 Å². The summed E-state index contributed by atoms with van der Waals surface area (Å²) in [5.41, 5.74) is 0.290. The van der Waals surface area contributed by atoms with Crippen LogP contribution in [0.2, 0.25) is 0 Å². The van der Waals surface area contributed by atoms with E-state index >= 15 is 0 Å². The van der Waals surface area contributed by atoms with Crippen molar-refractivity contribution in [2.75, 3.05) is 26.2 Å². The molecule has 4 nitrogen and oxygen atoms in total. The zero-order chi connectivity index (χ0) is 16.7. The van der Waals surface area contributed by atoms with E-state index in [9.17, 15) is 8.42 Å². The predicted molar refractivity (Wildman–Crippen MR) is 92.8 cm³/mol. The van der Waals surface area contributed by atoms with Crippen LogP contribution in [0.5, 0.6) is 0 Å². The molecule has 5 heteroatoms. The molecule has 3 rings (SSSR count). The average Bonchev–Trinajstić information content (AvgIpc) is 3.08. The number of hydrogen-bond acceptors (Lipinski definition) is 3. The lowest BCUT2D eigenvalue weighted by Gasteiger charge is -2.39. The first-order valence-electron chi connectivity index (χ1n) is 8.53. The van der Waals surface area contributed by atoms with E-state index in [1.807, 2.05) is 6.07 Å². The Kier molecular flexibility index (Phi) is 4.32. The summed E-state index contributed by atoms with van der Waals surface area (Å²) >= 11 is 0. The van der Waals surface area contributed by atoms with Crippen molar-refractivity contribution < 1.29 is 8.42 Å². The Morgan fingerprint density at radius 1 is 1.09 bits per heavy atom. The van der Waals surface area contributed by atoms with Crippen molar-refractivity contribution in [2.24, 2.45) is 5.41 Å². The summed E-state index contributed by atoms with van der Waals surface area (Å²) < 4.78 is 27.4. The average molecular weight is 337 g/mol. The highest BCUT2D eigenvalue weighted by Crippen LogP contribution is 2.40. The molecule has 2 saturated heterocycles. The zero-order valence-electron chi connectivity index (χ0n) is 14.5. The molecule has 2 aliphatic heterocycles. The standard InChI is InChI=1S/C18H28N2O2S/c1-17(2,3)14-19-12-7-10-18(19)11-13-20(15-18)23(21,22)16-8-5-4-6-9-16/h4-6,8-9H,7,10-15H2,1-3H3. The molecule has 0 bridgehead atoms. The van der Waals surface area contributed by atoms with Gasteiger partial charge in [0.25, 0.3) is 0 Å². The largest absolute Gasteiger partial charge is 0.296 e. The number of rotatable bonds is 3. The first-order valence-corrected chi connectivity index (χ1v) is 9.97. The highest BCUT2D eigenvalue weighted by Gasteiger charge is 2.49. The van der Waals surface area contributed by atoms with Crippen LogP contribution in [0.25, 0.3) is 0 Å². The summed E-state index contributed by atoms with van der Waals surface area (Å²) in [5, 5.41) is 0. The highest BCUT2D eigenvalue weighted by molar-refractivity contribution is 7.89. The van der Waals surface area contributed by atoms with Crippen molar-refractivity contribution in [3.05, 3.63) is 30.3 Å². The van der Waals surface area contributed by atoms with Gasteiger partial charge in [-0.25, -0.2) is 8.42 Å². The molecule has 2 aliphatic rings. The molecule has 128 valence electrons. The Balaban J connectivity index is 1.80. The van der Waals surface area contributed by atoms with Crippen molar-refractivity contribution in [3.8, 4) is 0 Å². The maximum absolute atomic E-state index is 12.9. The van der Waals surface area contributed by atoms with Crippen LogP contribution in [0.3, 0.4) is 0 Å². The number of sulfonamides is 1. The molecule has 2 fully saturated rings. The van der Waals surface area contributed by atoms with Crippen LogP contribution in [0, 0.1) is 5.41 Å². The van der Waals surface area contributed by atoms with Crippen molar-refractivity contribution >= 4 is 10.0 Å². The minimum atomic E-state index is -3.36. The summed E-state index contributed by atoms with van der Waals surface area (Å²) in [6.45, 7) is 10.2. The molecule has 0 saturated carbocycles. The molecule has 1 spiro atoms. The van der Waals surface area contributed by atoms with Gasteiger partial charge in [0, 0.05) is 25.2 Å². The van der Waals surface area contributed by atoms with E-state index in [0.29, 0.717) is 18.0 Å². The number of hydrogen-bond donors (Lipinski definition) is 0. The fraction of sp³-hybridized carbons (Fsp3) is 0.667. The van der Waals surface area contributed by atoms with E-state index in [4.69, 9.17) is 0 Å². The van der Waals surface area contributed by atoms with Crippen molar-refractivity contribution in [1.29, 1.82) is 0 Å². The maximum Gasteiger partial charge on any atom is 0.243 e. The Morgan fingerprint density at radius 3 is 2.43 bits per heavy atom. The monoisotopic (exact) mass is 336 g/mol. The smallest absolute Gasteiger partial charge is 0.243 e. The second kappa shape index (κ2) is 5.87. The number of likely N-dealkylation sites (tertiary alicyclic amines) is 1. The first kappa shape index (κ1) is 16.9. The third-order valence-corrected chi connectivity index (χ3v) is 6.94. The van der Waals surface area contributed by atoms with Gasteiger partial charge in [0.05, 0.1) is 4.90 Å². The molecule has 0 N–H and O–H groups in total. The topological polar surface area (TPSA) is 40.6 Å². The van der Waals surface area contributed by atoms with Crippen LogP contribution in [0.1, 0.15) is 40.0 Å². The molecule has 0 aliphatic carbocycles. The van der Waals surface area contributed by atoms with Gasteiger partial charge in [-0.05, 0) is 43.4 Å². The normalized spacial score (nSPS) is 27.1. The van der Waals surface area contributed by atoms with E-state index in [0.717, 1.165) is 25.9 Å². The van der Waals surface area contributed by atoms with Crippen LogP contribution in [-0.4, -0.2) is 49.3 Å². The summed E-state index contributed by atoms with van der Waals surface area (Å²) in [6, 6.07) is 8.83. The minimum Gasteiger partial charge on any atom is -0.296 e. The maximum atomic E-state index is 12.9. The second-order valence-electron chi connectivity index (χ2n) is 8.21. The molecule has 1 unspecified atom stereocenters. The molecule has 1 aromatic carbocycles. The number of nitrogens with zero attached hydrogens (tertiary/aromatic N) is 2. The van der Waals surface area contributed by atoms with Gasteiger partial charge in [0.15, 0.2) is 0 Å². The van der Waals surface area contributed by atoms with E-state index in [-0.39, 0.29) is 11.0 Å². The Hall–Kier alpha value is -0.910. The van der Waals surface area contributed by atoms with Gasteiger partial charge < -0.3 is 0 Å². The molecule has 2 heterocycles. The first-order chi connectivity index (χ1) is 10.7. The molecule has 1 aromatic rings. The predicted octanol–water partition coefficient (Wildman–Crippen LogP) is 2.96. The van der Waals surface area contributed by atoms with Gasteiger partial charge >= 0.3 is 0 Å². The van der Waals surface area contributed by atoms with E-state index in [1.54, 1.807) is 28.6 Å². The lowest BCUT2D eigenvalue weighted by molar-refractivity contribution is 0.105. The summed E-state index contributed by atoms with van der Waals surface area (Å²) in [4.78, 5) is 2.96. The fourth-order valence-electron chi connectivity index (χ4n) is 4.04. The third kappa shape index (κ3) is 3.32. The van der Waals surface area contributed by atoms with Crippen LogP contribution in [0.15, 0.2) is 35.2 Å². The lowest BCUT2D eigenvalue weighted by atomic mass is 9.90. The second-order valence-corrected chi connectivity index (χ2v) is 10.1. The van der Waals surface area contributed by atoms with Gasteiger partial charge in [-0.1, -0.05) is 39.0 Å². The zero-order valence-corrected chi connectivity index (χ0v) is 15.3. The van der Waals surface area contributed by atoms with Crippen LogP contribution in [0.4, 0.5) is 0 Å². The van der Waals surface area contributed by atoms with Gasteiger partial charge in [0.2, 0.25) is 10.0 Å². The van der Waals surface area contributed by atoms with E-state index in [2.05, 4.69) is 25.7 Å².